The molecule has 0 aliphatic heterocycles. The quantitative estimate of drug-likeness (QED) is 0.853. The fraction of sp³-hybridized carbons (Fsp3) is 0.455. The lowest BCUT2D eigenvalue weighted by Crippen LogP contribution is -2.48. The summed E-state index contributed by atoms with van der Waals surface area (Å²) in [6.45, 7) is 3.66. The first-order chi connectivity index (χ1) is 8.22. The first-order valence-corrected chi connectivity index (χ1v) is 7.57. The Labute approximate surface area is 116 Å². The highest BCUT2D eigenvalue weighted by Crippen LogP contribution is 2.27. The second kappa shape index (κ2) is 5.56. The van der Waals surface area contributed by atoms with Crippen LogP contribution >= 0.6 is 15.9 Å². The van der Waals surface area contributed by atoms with Gasteiger partial charge < -0.3 is 10.5 Å². The molecule has 1 aromatic rings. The van der Waals surface area contributed by atoms with E-state index in [-0.39, 0.29) is 11.4 Å². The Morgan fingerprint density at radius 1 is 1.44 bits per heavy atom. The molecule has 0 fully saturated rings. The average Bonchev–Trinajstić information content (AvgIpc) is 2.27. The Kier molecular flexibility index (Phi) is 4.77. The van der Waals surface area contributed by atoms with Gasteiger partial charge in [0, 0.05) is 12.1 Å². The average molecular weight is 337 g/mol. The molecule has 0 amide bonds. The van der Waals surface area contributed by atoms with Gasteiger partial charge in [0.25, 0.3) is 0 Å². The molecule has 1 aromatic carbocycles. The van der Waals surface area contributed by atoms with Crippen molar-refractivity contribution >= 4 is 26.0 Å². The minimum atomic E-state index is -3.59. The van der Waals surface area contributed by atoms with E-state index < -0.39 is 15.6 Å². The summed E-state index contributed by atoms with van der Waals surface area (Å²) in [5.74, 6) is 0.576. The van der Waals surface area contributed by atoms with Gasteiger partial charge in [-0.15, -0.1) is 0 Å². The minimum absolute atomic E-state index is 0.164. The molecule has 0 heterocycles. The number of halogens is 1. The smallest absolute Gasteiger partial charge is 0.241 e. The molecule has 102 valence electrons. The number of rotatable bonds is 5. The molecule has 0 radical (unpaired) electrons. The largest absolute Gasteiger partial charge is 0.496 e. The number of sulfonamides is 1. The van der Waals surface area contributed by atoms with E-state index in [0.717, 1.165) is 0 Å². The van der Waals surface area contributed by atoms with Crippen molar-refractivity contribution in [1.29, 1.82) is 0 Å². The Bertz CT molecular complexity index is 529. The number of hydrogen-bond donors (Lipinski definition) is 2. The summed E-state index contributed by atoms with van der Waals surface area (Å²) >= 11 is 3.25. The second-order valence-corrected chi connectivity index (χ2v) is 7.03. The van der Waals surface area contributed by atoms with Gasteiger partial charge in [0.1, 0.15) is 5.75 Å². The summed E-state index contributed by atoms with van der Waals surface area (Å²) in [5, 5.41) is 0. The van der Waals surface area contributed by atoms with Gasteiger partial charge in [0.15, 0.2) is 0 Å². The van der Waals surface area contributed by atoms with Crippen LogP contribution in [0.25, 0.3) is 0 Å². The summed E-state index contributed by atoms with van der Waals surface area (Å²) in [4.78, 5) is 0.164. The molecule has 0 unspecified atom stereocenters. The van der Waals surface area contributed by atoms with Crippen LogP contribution in [0.5, 0.6) is 5.75 Å². The van der Waals surface area contributed by atoms with E-state index in [0.29, 0.717) is 10.2 Å². The van der Waals surface area contributed by atoms with Gasteiger partial charge >= 0.3 is 0 Å². The molecule has 0 saturated heterocycles. The normalized spacial score (nSPS) is 12.5. The van der Waals surface area contributed by atoms with Crippen LogP contribution in [0.1, 0.15) is 13.8 Å². The monoisotopic (exact) mass is 336 g/mol. The van der Waals surface area contributed by atoms with Crippen LogP contribution in [-0.4, -0.2) is 27.6 Å². The highest BCUT2D eigenvalue weighted by Gasteiger charge is 2.25. The first-order valence-electron chi connectivity index (χ1n) is 5.29. The molecule has 7 heteroatoms. The Balaban J connectivity index is 3.10. The zero-order chi connectivity index (χ0) is 14.0. The van der Waals surface area contributed by atoms with E-state index in [9.17, 15) is 8.42 Å². The number of ether oxygens (including phenoxy) is 1. The van der Waals surface area contributed by atoms with Crippen LogP contribution in [0.4, 0.5) is 0 Å². The standard InChI is InChI=1S/C11H17BrN2O3S/c1-11(2,7-13)14-18(15,16)8-4-5-10(17-3)9(12)6-8/h4-6,14H,7,13H2,1-3H3. The van der Waals surface area contributed by atoms with Crippen LogP contribution in [0.3, 0.4) is 0 Å². The lowest BCUT2D eigenvalue weighted by molar-refractivity contribution is 0.411. The van der Waals surface area contributed by atoms with Crippen molar-refractivity contribution in [3.63, 3.8) is 0 Å². The molecular weight excluding hydrogens is 320 g/mol. The fourth-order valence-corrected chi connectivity index (χ4v) is 3.42. The van der Waals surface area contributed by atoms with E-state index in [1.165, 1.54) is 19.2 Å². The molecule has 18 heavy (non-hydrogen) atoms. The minimum Gasteiger partial charge on any atom is -0.496 e. The zero-order valence-corrected chi connectivity index (χ0v) is 12.9. The predicted octanol–water partition coefficient (Wildman–Crippen LogP) is 1.47. The van der Waals surface area contributed by atoms with Crippen molar-refractivity contribution in [1.82, 2.24) is 4.72 Å². The van der Waals surface area contributed by atoms with Gasteiger partial charge in [-0.25, -0.2) is 13.1 Å². The summed E-state index contributed by atoms with van der Waals surface area (Å²) < 4.78 is 32.4. The number of methoxy groups -OCH3 is 1. The lowest BCUT2D eigenvalue weighted by atomic mass is 10.1. The summed E-state index contributed by atoms with van der Waals surface area (Å²) in [6.07, 6.45) is 0. The molecule has 0 aromatic heterocycles. The fourth-order valence-electron chi connectivity index (χ4n) is 1.28. The Hall–Kier alpha value is -0.630. The zero-order valence-electron chi connectivity index (χ0n) is 10.5. The van der Waals surface area contributed by atoms with Crippen molar-refractivity contribution in [3.8, 4) is 5.75 Å². The van der Waals surface area contributed by atoms with Crippen molar-refractivity contribution in [2.24, 2.45) is 5.73 Å². The third-order valence-corrected chi connectivity index (χ3v) is 4.67. The van der Waals surface area contributed by atoms with Crippen molar-refractivity contribution in [3.05, 3.63) is 22.7 Å². The van der Waals surface area contributed by atoms with Gasteiger partial charge in [-0.2, -0.15) is 0 Å². The van der Waals surface area contributed by atoms with Gasteiger partial charge in [0.2, 0.25) is 10.0 Å². The maximum Gasteiger partial charge on any atom is 0.241 e. The molecule has 0 aliphatic rings. The maximum absolute atomic E-state index is 12.1. The van der Waals surface area contributed by atoms with Crippen molar-refractivity contribution in [2.75, 3.05) is 13.7 Å². The maximum atomic E-state index is 12.1. The van der Waals surface area contributed by atoms with Gasteiger partial charge in [0.05, 0.1) is 16.5 Å². The van der Waals surface area contributed by atoms with Crippen LogP contribution in [0.2, 0.25) is 0 Å². The highest BCUT2D eigenvalue weighted by atomic mass is 79.9. The third-order valence-electron chi connectivity index (χ3n) is 2.35. The molecule has 0 bridgehead atoms. The van der Waals surface area contributed by atoms with Crippen molar-refractivity contribution in [2.45, 2.75) is 24.3 Å². The molecular formula is C11H17BrN2O3S. The Morgan fingerprint density at radius 2 is 2.06 bits per heavy atom. The Morgan fingerprint density at radius 3 is 2.50 bits per heavy atom. The van der Waals surface area contributed by atoms with E-state index in [2.05, 4.69) is 20.7 Å². The van der Waals surface area contributed by atoms with E-state index in [4.69, 9.17) is 10.5 Å². The molecule has 5 nitrogen and oxygen atoms in total. The number of nitrogens with one attached hydrogen (secondary N) is 1. The third kappa shape index (κ3) is 3.68. The van der Waals surface area contributed by atoms with E-state index >= 15 is 0 Å². The van der Waals surface area contributed by atoms with Crippen LogP contribution in [-0.2, 0) is 10.0 Å². The van der Waals surface area contributed by atoms with E-state index in [1.54, 1.807) is 19.9 Å². The molecule has 0 aliphatic carbocycles. The van der Waals surface area contributed by atoms with Crippen LogP contribution < -0.4 is 15.2 Å². The first kappa shape index (κ1) is 15.4. The molecule has 1 rings (SSSR count). The molecule has 3 N–H and O–H groups in total. The summed E-state index contributed by atoms with van der Waals surface area (Å²) in [5.41, 5.74) is 4.82. The highest BCUT2D eigenvalue weighted by molar-refractivity contribution is 9.10. The number of benzene rings is 1. The molecule has 0 saturated carbocycles. The van der Waals surface area contributed by atoms with Gasteiger partial charge in [-0.3, -0.25) is 0 Å². The van der Waals surface area contributed by atoms with E-state index in [1.807, 2.05) is 0 Å². The predicted molar refractivity (Wildman–Crippen MR) is 74.1 cm³/mol. The van der Waals surface area contributed by atoms with Gasteiger partial charge in [-0.05, 0) is 48.0 Å². The molecule has 0 spiro atoms. The number of nitrogens with two attached hydrogens (primary N) is 1. The van der Waals surface area contributed by atoms with Crippen LogP contribution in [0, 0.1) is 0 Å². The van der Waals surface area contributed by atoms with Crippen LogP contribution in [0.15, 0.2) is 27.6 Å². The lowest BCUT2D eigenvalue weighted by Gasteiger charge is -2.24. The second-order valence-electron chi connectivity index (χ2n) is 4.49. The summed E-state index contributed by atoms with van der Waals surface area (Å²) in [7, 11) is -2.08. The topological polar surface area (TPSA) is 81.4 Å². The SMILES string of the molecule is COc1ccc(S(=O)(=O)NC(C)(C)CN)cc1Br. The summed E-state index contributed by atoms with van der Waals surface area (Å²) in [6, 6.07) is 4.57. The van der Waals surface area contributed by atoms with Gasteiger partial charge in [-0.1, -0.05) is 0 Å². The number of hydrogen-bond acceptors (Lipinski definition) is 4. The molecule has 0 atom stereocenters. The van der Waals surface area contributed by atoms with Crippen molar-refractivity contribution < 1.29 is 13.2 Å².